The van der Waals surface area contributed by atoms with E-state index in [0.29, 0.717) is 11.0 Å². The summed E-state index contributed by atoms with van der Waals surface area (Å²) in [6.45, 7) is 2.87. The Morgan fingerprint density at radius 2 is 2.43 bits per heavy atom. The molecule has 0 aliphatic heterocycles. The summed E-state index contributed by atoms with van der Waals surface area (Å²) in [7, 11) is 0. The first-order valence-electron chi connectivity index (χ1n) is 4.47. The molecule has 0 atom stereocenters. The maximum atomic E-state index is 11.6. The predicted molar refractivity (Wildman–Crippen MR) is 55.7 cm³/mol. The second kappa shape index (κ2) is 3.46. The number of aromatic nitrogens is 3. The first-order valence-corrected chi connectivity index (χ1v) is 4.85. The molecule has 2 heterocycles. The molecule has 0 spiro atoms. The van der Waals surface area contributed by atoms with Crippen LogP contribution >= 0.6 is 11.6 Å². The molecule has 2 aromatic heterocycles. The first-order chi connectivity index (χ1) is 6.72. The van der Waals surface area contributed by atoms with Crippen molar-refractivity contribution in [3.8, 4) is 0 Å². The SMILES string of the molecule is CCCn1ccc2nc(Cl)[nH]c(=O)c21. The van der Waals surface area contributed by atoms with Crippen LogP contribution in [0, 0.1) is 0 Å². The number of nitrogens with zero attached hydrogens (tertiary/aromatic N) is 2. The van der Waals surface area contributed by atoms with Crippen molar-refractivity contribution < 1.29 is 0 Å². The fourth-order valence-electron chi connectivity index (χ4n) is 1.51. The average molecular weight is 212 g/mol. The molecule has 0 aromatic carbocycles. The van der Waals surface area contributed by atoms with E-state index in [4.69, 9.17) is 11.6 Å². The molecule has 1 N–H and O–H groups in total. The number of hydrogen-bond donors (Lipinski definition) is 1. The van der Waals surface area contributed by atoms with E-state index in [9.17, 15) is 4.79 Å². The molecule has 2 rings (SSSR count). The average Bonchev–Trinajstić information content (AvgIpc) is 2.49. The highest BCUT2D eigenvalue weighted by atomic mass is 35.5. The Labute approximate surface area is 85.5 Å². The Bertz CT molecular complexity index is 514. The van der Waals surface area contributed by atoms with Crippen molar-refractivity contribution in [3.63, 3.8) is 0 Å². The van der Waals surface area contributed by atoms with Gasteiger partial charge in [0, 0.05) is 12.7 Å². The van der Waals surface area contributed by atoms with Crippen molar-refractivity contribution in [2.45, 2.75) is 19.9 Å². The minimum absolute atomic E-state index is 0.136. The quantitative estimate of drug-likeness (QED) is 0.770. The van der Waals surface area contributed by atoms with Crippen molar-refractivity contribution in [2.75, 3.05) is 0 Å². The van der Waals surface area contributed by atoms with E-state index < -0.39 is 0 Å². The van der Waals surface area contributed by atoms with Gasteiger partial charge in [-0.1, -0.05) is 6.92 Å². The lowest BCUT2D eigenvalue weighted by molar-refractivity contribution is 0.700. The molecule has 0 saturated carbocycles. The summed E-state index contributed by atoms with van der Waals surface area (Å²) < 4.78 is 1.89. The lowest BCUT2D eigenvalue weighted by atomic mass is 10.4. The molecule has 0 aliphatic rings. The number of nitrogens with one attached hydrogen (secondary N) is 1. The van der Waals surface area contributed by atoms with Crippen LogP contribution in [0.5, 0.6) is 0 Å². The van der Waals surface area contributed by atoms with Crippen molar-refractivity contribution in [2.24, 2.45) is 0 Å². The lowest BCUT2D eigenvalue weighted by Gasteiger charge is -2.00. The van der Waals surface area contributed by atoms with Crippen molar-refractivity contribution in [1.29, 1.82) is 0 Å². The molecule has 5 heteroatoms. The molecule has 4 nitrogen and oxygen atoms in total. The molecule has 0 unspecified atom stereocenters. The first kappa shape index (κ1) is 9.27. The summed E-state index contributed by atoms with van der Waals surface area (Å²) >= 11 is 5.63. The second-order valence-electron chi connectivity index (χ2n) is 3.10. The second-order valence-corrected chi connectivity index (χ2v) is 3.46. The maximum absolute atomic E-state index is 11.6. The number of fused-ring (bicyclic) bond motifs is 1. The number of hydrogen-bond acceptors (Lipinski definition) is 2. The summed E-state index contributed by atoms with van der Waals surface area (Å²) in [5.41, 5.74) is 1.06. The van der Waals surface area contributed by atoms with E-state index in [1.165, 1.54) is 0 Å². The molecule has 0 saturated heterocycles. The van der Waals surface area contributed by atoms with Gasteiger partial charge in [-0.05, 0) is 24.1 Å². The Balaban J connectivity index is 2.73. The molecule has 14 heavy (non-hydrogen) atoms. The lowest BCUT2D eigenvalue weighted by Crippen LogP contribution is -2.11. The van der Waals surface area contributed by atoms with Crippen LogP contribution in [-0.2, 0) is 6.54 Å². The number of aromatic amines is 1. The minimum atomic E-state index is -0.182. The van der Waals surface area contributed by atoms with Gasteiger partial charge in [-0.25, -0.2) is 4.98 Å². The Morgan fingerprint density at radius 1 is 1.64 bits per heavy atom. The summed E-state index contributed by atoms with van der Waals surface area (Å²) in [5.74, 6) is 0. The predicted octanol–water partition coefficient (Wildman–Crippen LogP) is 1.79. The zero-order valence-electron chi connectivity index (χ0n) is 7.75. The van der Waals surface area contributed by atoms with Gasteiger partial charge in [0.2, 0.25) is 5.28 Å². The minimum Gasteiger partial charge on any atom is -0.342 e. The van der Waals surface area contributed by atoms with Gasteiger partial charge in [-0.15, -0.1) is 0 Å². The molecule has 0 aliphatic carbocycles. The van der Waals surface area contributed by atoms with Crippen LogP contribution in [0.3, 0.4) is 0 Å². The van der Waals surface area contributed by atoms with Crippen molar-refractivity contribution >= 4 is 22.6 Å². The van der Waals surface area contributed by atoms with Gasteiger partial charge in [0.1, 0.15) is 5.52 Å². The van der Waals surface area contributed by atoms with E-state index in [2.05, 4.69) is 16.9 Å². The summed E-state index contributed by atoms with van der Waals surface area (Å²) in [6.07, 6.45) is 2.83. The zero-order chi connectivity index (χ0) is 10.1. The Hall–Kier alpha value is -1.29. The van der Waals surface area contributed by atoms with Crippen LogP contribution in [0.4, 0.5) is 0 Å². The van der Waals surface area contributed by atoms with Crippen molar-refractivity contribution in [1.82, 2.24) is 14.5 Å². The van der Waals surface area contributed by atoms with Crippen LogP contribution in [0.1, 0.15) is 13.3 Å². The highest BCUT2D eigenvalue weighted by molar-refractivity contribution is 6.28. The molecule has 0 fully saturated rings. The number of aryl methyl sites for hydroxylation is 1. The Kier molecular flexibility index (Phi) is 2.29. The van der Waals surface area contributed by atoms with E-state index >= 15 is 0 Å². The van der Waals surface area contributed by atoms with Gasteiger partial charge < -0.3 is 4.57 Å². The van der Waals surface area contributed by atoms with Crippen LogP contribution in [0.15, 0.2) is 17.1 Å². The summed E-state index contributed by atoms with van der Waals surface area (Å²) in [6, 6.07) is 1.80. The largest absolute Gasteiger partial charge is 0.342 e. The highest BCUT2D eigenvalue weighted by Gasteiger charge is 2.06. The topological polar surface area (TPSA) is 50.7 Å². The van der Waals surface area contributed by atoms with E-state index in [0.717, 1.165) is 13.0 Å². The van der Waals surface area contributed by atoms with Crippen LogP contribution in [-0.4, -0.2) is 14.5 Å². The fourth-order valence-corrected chi connectivity index (χ4v) is 1.69. The molecule has 2 aromatic rings. The maximum Gasteiger partial charge on any atom is 0.276 e. The third-order valence-electron chi connectivity index (χ3n) is 2.06. The third kappa shape index (κ3) is 1.42. The van der Waals surface area contributed by atoms with Gasteiger partial charge >= 0.3 is 0 Å². The van der Waals surface area contributed by atoms with Gasteiger partial charge in [0.15, 0.2) is 0 Å². The molecule has 0 amide bonds. The normalized spacial score (nSPS) is 11.0. The summed E-state index contributed by atoms with van der Waals surface area (Å²) in [5, 5.41) is 0.136. The Morgan fingerprint density at radius 3 is 3.14 bits per heavy atom. The molecular weight excluding hydrogens is 202 g/mol. The molecule has 0 bridgehead atoms. The summed E-state index contributed by atoms with van der Waals surface area (Å²) in [4.78, 5) is 18.1. The van der Waals surface area contributed by atoms with E-state index in [1.54, 1.807) is 6.07 Å². The van der Waals surface area contributed by atoms with Gasteiger partial charge in [-0.2, -0.15) is 0 Å². The fraction of sp³-hybridized carbons (Fsp3) is 0.333. The van der Waals surface area contributed by atoms with Crippen LogP contribution in [0.2, 0.25) is 5.28 Å². The van der Waals surface area contributed by atoms with Crippen LogP contribution in [0.25, 0.3) is 11.0 Å². The van der Waals surface area contributed by atoms with Gasteiger partial charge in [0.25, 0.3) is 5.56 Å². The monoisotopic (exact) mass is 211 g/mol. The number of halogens is 1. The van der Waals surface area contributed by atoms with Gasteiger partial charge in [0.05, 0.1) is 5.52 Å². The number of rotatable bonds is 2. The standard InChI is InChI=1S/C9H10ClN3O/c1-2-4-13-5-3-6-7(13)8(14)12-9(10)11-6/h3,5H,2,4H2,1H3,(H,11,12,14). The third-order valence-corrected chi connectivity index (χ3v) is 2.24. The highest BCUT2D eigenvalue weighted by Crippen LogP contribution is 2.10. The zero-order valence-corrected chi connectivity index (χ0v) is 8.51. The van der Waals surface area contributed by atoms with Crippen LogP contribution < -0.4 is 5.56 Å². The molecular formula is C9H10ClN3O. The van der Waals surface area contributed by atoms with Crippen molar-refractivity contribution in [3.05, 3.63) is 27.9 Å². The van der Waals surface area contributed by atoms with Gasteiger partial charge in [-0.3, -0.25) is 9.78 Å². The smallest absolute Gasteiger partial charge is 0.276 e. The van der Waals surface area contributed by atoms with E-state index in [1.807, 2.05) is 10.8 Å². The molecule has 0 radical (unpaired) electrons. The number of H-pyrrole nitrogens is 1. The van der Waals surface area contributed by atoms with E-state index in [-0.39, 0.29) is 10.8 Å². The molecule has 74 valence electrons.